The molecule has 0 nitrogen and oxygen atoms in total. The van der Waals surface area contributed by atoms with Crippen molar-refractivity contribution in [2.45, 2.75) is 58.3 Å². The molecular weight excluding hydrogens is 375 g/mol. The molecule has 25 heavy (non-hydrogen) atoms. The molecule has 0 heterocycles. The van der Waals surface area contributed by atoms with Crippen molar-refractivity contribution in [1.82, 2.24) is 0 Å². The molecule has 0 bridgehead atoms. The molecule has 134 valence electrons. The van der Waals surface area contributed by atoms with Crippen LogP contribution in [0.4, 0.5) is 4.39 Å². The lowest BCUT2D eigenvalue weighted by atomic mass is 9.78. The van der Waals surface area contributed by atoms with Crippen LogP contribution in [-0.2, 0) is 6.42 Å². The van der Waals surface area contributed by atoms with Crippen LogP contribution in [0.2, 0.25) is 0 Å². The Morgan fingerprint density at radius 2 is 1.48 bits per heavy atom. The van der Waals surface area contributed by atoms with Gasteiger partial charge in [-0.25, -0.2) is 4.39 Å². The van der Waals surface area contributed by atoms with Crippen LogP contribution in [0.5, 0.6) is 0 Å². The van der Waals surface area contributed by atoms with E-state index in [2.05, 4.69) is 47.1 Å². The first kappa shape index (κ1) is 18.6. The Kier molecular flexibility index (Phi) is 6.70. The molecule has 2 aromatic rings. The number of hydrogen-bond donors (Lipinski definition) is 0. The molecule has 0 radical (unpaired) electrons. The van der Waals surface area contributed by atoms with Crippen molar-refractivity contribution in [3.05, 3.63) is 58.3 Å². The monoisotopic (exact) mass is 402 g/mol. The first-order valence-electron chi connectivity index (χ1n) is 9.70. The standard InChI is InChI=1S/C23H28BrF/c1-2-3-17-4-6-18(7-5-17)8-9-19-10-12-20(13-11-19)21-14-15-22(24)23(25)16-21/h10-18H,2-9H2,1H3. The molecule has 1 fully saturated rings. The van der Waals surface area contributed by atoms with Crippen molar-refractivity contribution in [3.8, 4) is 11.1 Å². The summed E-state index contributed by atoms with van der Waals surface area (Å²) in [6, 6.07) is 14.0. The maximum absolute atomic E-state index is 13.7. The van der Waals surface area contributed by atoms with E-state index in [9.17, 15) is 4.39 Å². The van der Waals surface area contributed by atoms with E-state index in [1.165, 1.54) is 50.5 Å². The quantitative estimate of drug-likeness (QED) is 0.462. The molecule has 0 atom stereocenters. The molecule has 2 aromatic carbocycles. The van der Waals surface area contributed by atoms with Crippen LogP contribution < -0.4 is 0 Å². The van der Waals surface area contributed by atoms with E-state index in [1.807, 2.05) is 6.07 Å². The van der Waals surface area contributed by atoms with E-state index in [0.29, 0.717) is 4.47 Å². The summed E-state index contributed by atoms with van der Waals surface area (Å²) < 4.78 is 14.2. The fraction of sp³-hybridized carbons (Fsp3) is 0.478. The molecule has 0 aromatic heterocycles. The predicted octanol–water partition coefficient (Wildman–Crippen LogP) is 7.79. The first-order chi connectivity index (χ1) is 12.2. The summed E-state index contributed by atoms with van der Waals surface area (Å²) >= 11 is 3.21. The number of halogens is 2. The summed E-state index contributed by atoms with van der Waals surface area (Å²) in [5.74, 6) is 1.69. The second-order valence-electron chi connectivity index (χ2n) is 7.54. The van der Waals surface area contributed by atoms with Gasteiger partial charge >= 0.3 is 0 Å². The Morgan fingerprint density at radius 3 is 2.08 bits per heavy atom. The van der Waals surface area contributed by atoms with Crippen molar-refractivity contribution < 1.29 is 4.39 Å². The normalized spacial score (nSPS) is 20.6. The van der Waals surface area contributed by atoms with Gasteiger partial charge in [0.15, 0.2) is 0 Å². The zero-order valence-electron chi connectivity index (χ0n) is 15.1. The molecule has 0 amide bonds. The lowest BCUT2D eigenvalue weighted by molar-refractivity contribution is 0.252. The molecule has 1 aliphatic carbocycles. The van der Waals surface area contributed by atoms with Gasteiger partial charge in [-0.1, -0.05) is 75.8 Å². The lowest BCUT2D eigenvalue weighted by Gasteiger charge is -2.28. The average Bonchev–Trinajstić information content (AvgIpc) is 2.64. The third-order valence-electron chi connectivity index (χ3n) is 5.71. The van der Waals surface area contributed by atoms with Crippen molar-refractivity contribution in [2.24, 2.45) is 11.8 Å². The minimum absolute atomic E-state index is 0.208. The largest absolute Gasteiger partial charge is 0.206 e. The molecular formula is C23H28BrF. The summed E-state index contributed by atoms with van der Waals surface area (Å²) in [6.45, 7) is 2.30. The topological polar surface area (TPSA) is 0 Å². The smallest absolute Gasteiger partial charge is 0.137 e. The van der Waals surface area contributed by atoms with E-state index >= 15 is 0 Å². The number of aryl methyl sites for hydroxylation is 1. The van der Waals surface area contributed by atoms with Crippen molar-refractivity contribution in [1.29, 1.82) is 0 Å². The Labute approximate surface area is 160 Å². The van der Waals surface area contributed by atoms with Crippen LogP contribution >= 0.6 is 15.9 Å². The van der Waals surface area contributed by atoms with Gasteiger partial charge in [-0.2, -0.15) is 0 Å². The SMILES string of the molecule is CCCC1CCC(CCc2ccc(-c3ccc(Br)c(F)c3)cc2)CC1. The first-order valence-corrected chi connectivity index (χ1v) is 10.5. The summed E-state index contributed by atoms with van der Waals surface area (Å²) in [5, 5.41) is 0. The molecule has 0 spiro atoms. The van der Waals surface area contributed by atoms with Gasteiger partial charge in [0.05, 0.1) is 4.47 Å². The van der Waals surface area contributed by atoms with Gasteiger partial charge in [0.25, 0.3) is 0 Å². The predicted molar refractivity (Wildman–Crippen MR) is 108 cm³/mol. The van der Waals surface area contributed by atoms with E-state index in [-0.39, 0.29) is 5.82 Å². The van der Waals surface area contributed by atoms with Crippen LogP contribution in [0.15, 0.2) is 46.9 Å². The summed E-state index contributed by atoms with van der Waals surface area (Å²) in [6.07, 6.45) is 10.9. The maximum Gasteiger partial charge on any atom is 0.137 e. The third-order valence-corrected chi connectivity index (χ3v) is 6.35. The molecule has 1 saturated carbocycles. The van der Waals surface area contributed by atoms with Crippen LogP contribution in [0, 0.1) is 17.7 Å². The van der Waals surface area contributed by atoms with Gasteiger partial charge in [-0.05, 0) is 69.4 Å². The highest BCUT2D eigenvalue weighted by Crippen LogP contribution is 2.34. The zero-order chi connectivity index (χ0) is 17.6. The molecule has 0 aliphatic heterocycles. The van der Waals surface area contributed by atoms with Crippen LogP contribution in [-0.4, -0.2) is 0 Å². The Morgan fingerprint density at radius 1 is 0.880 bits per heavy atom. The summed E-state index contributed by atoms with van der Waals surface area (Å²) in [4.78, 5) is 0. The Bertz CT molecular complexity index is 669. The summed E-state index contributed by atoms with van der Waals surface area (Å²) in [7, 11) is 0. The van der Waals surface area contributed by atoms with Gasteiger partial charge < -0.3 is 0 Å². The lowest BCUT2D eigenvalue weighted by Crippen LogP contribution is -2.15. The third kappa shape index (κ3) is 5.17. The van der Waals surface area contributed by atoms with Crippen molar-refractivity contribution >= 4 is 15.9 Å². The van der Waals surface area contributed by atoms with E-state index in [0.717, 1.165) is 29.4 Å². The fourth-order valence-electron chi connectivity index (χ4n) is 4.13. The fourth-order valence-corrected chi connectivity index (χ4v) is 4.37. The molecule has 2 heteroatoms. The minimum atomic E-state index is -0.208. The van der Waals surface area contributed by atoms with E-state index < -0.39 is 0 Å². The van der Waals surface area contributed by atoms with Gasteiger partial charge in [0.2, 0.25) is 0 Å². The van der Waals surface area contributed by atoms with Gasteiger partial charge in [0, 0.05) is 0 Å². The number of hydrogen-bond acceptors (Lipinski definition) is 0. The van der Waals surface area contributed by atoms with Crippen LogP contribution in [0.1, 0.15) is 57.4 Å². The Hall–Kier alpha value is -1.15. The van der Waals surface area contributed by atoms with Gasteiger partial charge in [-0.3, -0.25) is 0 Å². The molecule has 3 rings (SSSR count). The molecule has 0 unspecified atom stereocenters. The zero-order valence-corrected chi connectivity index (χ0v) is 16.7. The molecule has 1 aliphatic rings. The van der Waals surface area contributed by atoms with Crippen LogP contribution in [0.3, 0.4) is 0 Å². The molecule has 0 saturated heterocycles. The number of benzene rings is 2. The minimum Gasteiger partial charge on any atom is -0.206 e. The van der Waals surface area contributed by atoms with Gasteiger partial charge in [0.1, 0.15) is 5.82 Å². The molecule has 0 N–H and O–H groups in total. The highest BCUT2D eigenvalue weighted by molar-refractivity contribution is 9.10. The maximum atomic E-state index is 13.7. The van der Waals surface area contributed by atoms with E-state index in [4.69, 9.17) is 0 Å². The van der Waals surface area contributed by atoms with Gasteiger partial charge in [-0.15, -0.1) is 0 Å². The Balaban J connectivity index is 1.52. The van der Waals surface area contributed by atoms with Crippen LogP contribution in [0.25, 0.3) is 11.1 Å². The highest BCUT2D eigenvalue weighted by atomic mass is 79.9. The average molecular weight is 403 g/mol. The highest BCUT2D eigenvalue weighted by Gasteiger charge is 2.20. The van der Waals surface area contributed by atoms with E-state index in [1.54, 1.807) is 12.1 Å². The second-order valence-corrected chi connectivity index (χ2v) is 8.39. The van der Waals surface area contributed by atoms with Crippen molar-refractivity contribution in [3.63, 3.8) is 0 Å². The second kappa shape index (κ2) is 8.98. The van der Waals surface area contributed by atoms with Crippen molar-refractivity contribution in [2.75, 3.05) is 0 Å². The summed E-state index contributed by atoms with van der Waals surface area (Å²) in [5.41, 5.74) is 3.41. The number of rotatable bonds is 6.